The highest BCUT2D eigenvalue weighted by molar-refractivity contribution is 7.84. The van der Waals surface area contributed by atoms with E-state index in [4.69, 9.17) is 5.11 Å². The molecule has 1 aromatic heterocycles. The van der Waals surface area contributed by atoms with E-state index in [0.29, 0.717) is 4.90 Å². The molecule has 0 bridgehead atoms. The third-order valence-electron chi connectivity index (χ3n) is 2.39. The number of benzene rings is 1. The molecule has 0 aliphatic rings. The van der Waals surface area contributed by atoms with Gasteiger partial charge >= 0.3 is 5.97 Å². The second kappa shape index (κ2) is 5.14. The first kappa shape index (κ1) is 12.5. The summed E-state index contributed by atoms with van der Waals surface area (Å²) in [4.78, 5) is 11.3. The maximum absolute atomic E-state index is 12.1. The largest absolute Gasteiger partial charge is 0.478 e. The SMILES string of the molecule is Cn1ccc(CS(=O)c2cccc(C(=O)O)c2)n1. The van der Waals surface area contributed by atoms with Crippen LogP contribution in [0.3, 0.4) is 0 Å². The molecule has 0 radical (unpaired) electrons. The summed E-state index contributed by atoms with van der Waals surface area (Å²) in [5, 5.41) is 13.0. The summed E-state index contributed by atoms with van der Waals surface area (Å²) >= 11 is 0. The molecule has 1 aromatic carbocycles. The van der Waals surface area contributed by atoms with Gasteiger partial charge in [-0.2, -0.15) is 5.10 Å². The molecular weight excluding hydrogens is 252 g/mol. The van der Waals surface area contributed by atoms with E-state index >= 15 is 0 Å². The molecule has 1 heterocycles. The second-order valence-electron chi connectivity index (χ2n) is 3.80. The molecule has 0 fully saturated rings. The molecule has 0 aliphatic heterocycles. The van der Waals surface area contributed by atoms with Crippen LogP contribution in [0, 0.1) is 0 Å². The van der Waals surface area contributed by atoms with Crippen LogP contribution >= 0.6 is 0 Å². The highest BCUT2D eigenvalue weighted by atomic mass is 32.2. The normalized spacial score (nSPS) is 12.3. The van der Waals surface area contributed by atoms with Crippen LogP contribution in [-0.4, -0.2) is 25.1 Å². The summed E-state index contributed by atoms with van der Waals surface area (Å²) in [6.07, 6.45) is 1.78. The van der Waals surface area contributed by atoms with Gasteiger partial charge in [-0.05, 0) is 24.3 Å². The maximum atomic E-state index is 12.1. The fraction of sp³-hybridized carbons (Fsp3) is 0.167. The van der Waals surface area contributed by atoms with Crippen LogP contribution < -0.4 is 0 Å². The number of hydrogen-bond acceptors (Lipinski definition) is 3. The third-order valence-corrected chi connectivity index (χ3v) is 3.73. The van der Waals surface area contributed by atoms with Crippen molar-refractivity contribution >= 4 is 16.8 Å². The van der Waals surface area contributed by atoms with Crippen LogP contribution in [0.2, 0.25) is 0 Å². The highest BCUT2D eigenvalue weighted by Crippen LogP contribution is 2.13. The van der Waals surface area contributed by atoms with Gasteiger partial charge < -0.3 is 5.11 Å². The first-order chi connectivity index (χ1) is 8.56. The molecule has 0 aliphatic carbocycles. The Balaban J connectivity index is 2.18. The summed E-state index contributed by atoms with van der Waals surface area (Å²) in [7, 11) is 0.502. The summed E-state index contributed by atoms with van der Waals surface area (Å²) in [6.45, 7) is 0. The Morgan fingerprint density at radius 3 is 2.83 bits per heavy atom. The van der Waals surface area contributed by atoms with E-state index in [1.54, 1.807) is 36.1 Å². The lowest BCUT2D eigenvalue weighted by Gasteiger charge is -2.01. The molecule has 1 atom stereocenters. The van der Waals surface area contributed by atoms with Gasteiger partial charge in [0.2, 0.25) is 0 Å². The third kappa shape index (κ3) is 2.84. The number of carboxylic acid groups (broad SMARTS) is 1. The van der Waals surface area contributed by atoms with Crippen LogP contribution in [0.15, 0.2) is 41.4 Å². The van der Waals surface area contributed by atoms with Gasteiger partial charge in [0.1, 0.15) is 0 Å². The molecule has 0 amide bonds. The summed E-state index contributed by atoms with van der Waals surface area (Å²) in [6, 6.07) is 7.95. The molecule has 18 heavy (non-hydrogen) atoms. The van der Waals surface area contributed by atoms with E-state index in [-0.39, 0.29) is 11.3 Å². The monoisotopic (exact) mass is 264 g/mol. The molecule has 1 N–H and O–H groups in total. The van der Waals surface area contributed by atoms with Crippen molar-refractivity contribution in [2.45, 2.75) is 10.6 Å². The van der Waals surface area contributed by atoms with E-state index in [9.17, 15) is 9.00 Å². The number of aromatic carboxylic acids is 1. The number of carbonyl (C=O) groups is 1. The Bertz CT molecular complexity index is 607. The van der Waals surface area contributed by atoms with Crippen molar-refractivity contribution in [3.63, 3.8) is 0 Å². The molecule has 2 rings (SSSR count). The fourth-order valence-corrected chi connectivity index (χ4v) is 2.61. The van der Waals surface area contributed by atoms with Gasteiger partial charge in [0, 0.05) is 18.1 Å². The Morgan fingerprint density at radius 1 is 1.44 bits per heavy atom. The van der Waals surface area contributed by atoms with Crippen molar-refractivity contribution in [2.24, 2.45) is 7.05 Å². The van der Waals surface area contributed by atoms with Crippen molar-refractivity contribution in [2.75, 3.05) is 0 Å². The second-order valence-corrected chi connectivity index (χ2v) is 5.25. The fourth-order valence-electron chi connectivity index (χ4n) is 1.53. The number of carboxylic acids is 1. The van der Waals surface area contributed by atoms with Gasteiger partial charge in [0.15, 0.2) is 0 Å². The van der Waals surface area contributed by atoms with Crippen LogP contribution in [0.1, 0.15) is 16.1 Å². The molecule has 0 saturated heterocycles. The van der Waals surface area contributed by atoms with E-state index in [1.807, 2.05) is 0 Å². The van der Waals surface area contributed by atoms with Crippen molar-refractivity contribution in [3.05, 3.63) is 47.8 Å². The standard InChI is InChI=1S/C12H12N2O3S/c1-14-6-5-10(13-14)8-18(17)11-4-2-3-9(7-11)12(15)16/h2-7H,8H2,1H3,(H,15,16). The molecule has 0 spiro atoms. The van der Waals surface area contributed by atoms with Crippen molar-refractivity contribution < 1.29 is 14.1 Å². The zero-order valence-corrected chi connectivity index (χ0v) is 10.6. The molecule has 94 valence electrons. The van der Waals surface area contributed by atoms with E-state index in [0.717, 1.165) is 5.69 Å². The number of aromatic nitrogens is 2. The van der Waals surface area contributed by atoms with E-state index in [2.05, 4.69) is 5.10 Å². The topological polar surface area (TPSA) is 72.2 Å². The quantitative estimate of drug-likeness (QED) is 0.906. The minimum absolute atomic E-state index is 0.141. The lowest BCUT2D eigenvalue weighted by atomic mass is 10.2. The Kier molecular flexibility index (Phi) is 3.57. The van der Waals surface area contributed by atoms with Gasteiger partial charge in [-0.1, -0.05) is 6.07 Å². The Labute approximate surface area is 107 Å². The van der Waals surface area contributed by atoms with Gasteiger partial charge in [-0.3, -0.25) is 8.89 Å². The van der Waals surface area contributed by atoms with E-state index in [1.165, 1.54) is 12.1 Å². The number of rotatable bonds is 4. The first-order valence-corrected chi connectivity index (χ1v) is 6.58. The number of aryl methyl sites for hydroxylation is 1. The predicted molar refractivity (Wildman–Crippen MR) is 66.7 cm³/mol. The predicted octanol–water partition coefficient (Wildman–Crippen LogP) is 1.43. The van der Waals surface area contributed by atoms with Crippen LogP contribution in [0.25, 0.3) is 0 Å². The van der Waals surface area contributed by atoms with Gasteiger partial charge in [0.05, 0.1) is 27.8 Å². The van der Waals surface area contributed by atoms with Gasteiger partial charge in [-0.25, -0.2) is 4.79 Å². The van der Waals surface area contributed by atoms with Crippen LogP contribution in [0.4, 0.5) is 0 Å². The molecule has 5 nitrogen and oxygen atoms in total. The maximum Gasteiger partial charge on any atom is 0.335 e. The van der Waals surface area contributed by atoms with Crippen molar-refractivity contribution in [1.82, 2.24) is 9.78 Å². The lowest BCUT2D eigenvalue weighted by molar-refractivity contribution is 0.0696. The molecule has 0 saturated carbocycles. The summed E-state index contributed by atoms with van der Waals surface area (Å²) in [5.74, 6) is -0.740. The smallest absolute Gasteiger partial charge is 0.335 e. The molecule has 1 unspecified atom stereocenters. The average Bonchev–Trinajstić information content (AvgIpc) is 2.75. The van der Waals surface area contributed by atoms with E-state index < -0.39 is 16.8 Å². The first-order valence-electron chi connectivity index (χ1n) is 5.26. The number of nitrogens with zero attached hydrogens (tertiary/aromatic N) is 2. The average molecular weight is 264 g/mol. The number of hydrogen-bond donors (Lipinski definition) is 1. The summed E-state index contributed by atoms with van der Waals surface area (Å²) in [5.41, 5.74) is 0.860. The zero-order valence-electron chi connectivity index (χ0n) is 9.74. The minimum Gasteiger partial charge on any atom is -0.478 e. The minimum atomic E-state index is -1.29. The van der Waals surface area contributed by atoms with Crippen LogP contribution in [0.5, 0.6) is 0 Å². The van der Waals surface area contributed by atoms with Gasteiger partial charge in [0.25, 0.3) is 0 Å². The zero-order chi connectivity index (χ0) is 13.1. The highest BCUT2D eigenvalue weighted by Gasteiger charge is 2.10. The van der Waals surface area contributed by atoms with Gasteiger partial charge in [-0.15, -0.1) is 0 Å². The summed E-state index contributed by atoms with van der Waals surface area (Å²) < 4.78 is 13.7. The Morgan fingerprint density at radius 2 is 2.22 bits per heavy atom. The Hall–Kier alpha value is -1.95. The van der Waals surface area contributed by atoms with Crippen molar-refractivity contribution in [3.8, 4) is 0 Å². The van der Waals surface area contributed by atoms with Crippen molar-refractivity contribution in [1.29, 1.82) is 0 Å². The molecular formula is C12H12N2O3S. The molecule has 2 aromatic rings. The molecule has 6 heteroatoms. The van der Waals surface area contributed by atoms with Crippen LogP contribution in [-0.2, 0) is 23.6 Å². The lowest BCUT2D eigenvalue weighted by Crippen LogP contribution is -2.01.